The number of aromatic nitrogens is 3. The molecule has 2 aromatic carbocycles. The number of nitrogens with zero attached hydrogens (tertiary/aromatic N) is 5. The standard InChI is InChI=1S/C28H25B2FN6O3/c1-16-14-19(17-6-4-3-5-7-17)23(35(16)2)24(39)27(40)32-18-8-9-20(21(38)15-18)36-10-12-37(13-11-36)28-33-25(29)22(31)26(30)34-28/h3-9,14-15,38H,10-13H2,1-2H3,(H,32,40). The number of anilines is 3. The minimum absolute atomic E-state index is 0.0510. The zero-order chi connectivity index (χ0) is 28.6. The van der Waals surface area contributed by atoms with E-state index in [2.05, 4.69) is 15.3 Å². The predicted octanol–water partition coefficient (Wildman–Crippen LogP) is 1.37. The van der Waals surface area contributed by atoms with Crippen LogP contribution in [0.4, 0.5) is 21.7 Å². The Morgan fingerprint density at radius 3 is 2.20 bits per heavy atom. The van der Waals surface area contributed by atoms with Gasteiger partial charge in [0.25, 0.3) is 11.7 Å². The van der Waals surface area contributed by atoms with Gasteiger partial charge in [0.15, 0.2) is 0 Å². The molecule has 12 heteroatoms. The summed E-state index contributed by atoms with van der Waals surface area (Å²) in [7, 11) is 12.9. The Labute approximate surface area is 233 Å². The molecule has 4 radical (unpaired) electrons. The summed E-state index contributed by atoms with van der Waals surface area (Å²) in [5.74, 6) is -2.14. The highest BCUT2D eigenvalue weighted by atomic mass is 19.1. The van der Waals surface area contributed by atoms with Gasteiger partial charge in [0, 0.05) is 67.4 Å². The van der Waals surface area contributed by atoms with Crippen LogP contribution in [0.3, 0.4) is 0 Å². The lowest BCUT2D eigenvalue weighted by Crippen LogP contribution is -2.48. The third-order valence-corrected chi connectivity index (χ3v) is 7.01. The predicted molar refractivity (Wildman–Crippen MR) is 154 cm³/mol. The van der Waals surface area contributed by atoms with Gasteiger partial charge in [0.2, 0.25) is 5.95 Å². The second-order valence-corrected chi connectivity index (χ2v) is 9.54. The first-order chi connectivity index (χ1) is 19.1. The summed E-state index contributed by atoms with van der Waals surface area (Å²) in [5, 5.41) is 13.4. The summed E-state index contributed by atoms with van der Waals surface area (Å²) >= 11 is 0. The van der Waals surface area contributed by atoms with E-state index in [9.17, 15) is 19.1 Å². The molecule has 1 fully saturated rings. The van der Waals surface area contributed by atoms with Gasteiger partial charge in [-0.05, 0) is 30.7 Å². The molecule has 0 aliphatic carbocycles. The Balaban J connectivity index is 1.27. The second-order valence-electron chi connectivity index (χ2n) is 9.54. The van der Waals surface area contributed by atoms with Crippen molar-refractivity contribution in [3.05, 3.63) is 71.8 Å². The van der Waals surface area contributed by atoms with Gasteiger partial charge in [0.1, 0.15) is 33.0 Å². The van der Waals surface area contributed by atoms with Crippen LogP contribution in [0.5, 0.6) is 5.75 Å². The fourth-order valence-corrected chi connectivity index (χ4v) is 4.77. The minimum Gasteiger partial charge on any atom is -0.506 e. The quantitative estimate of drug-likeness (QED) is 0.219. The summed E-state index contributed by atoms with van der Waals surface area (Å²) in [4.78, 5) is 37.9. The Bertz CT molecular complexity index is 1580. The first kappa shape index (κ1) is 27.0. The second kappa shape index (κ2) is 10.9. The monoisotopic (exact) mass is 534 g/mol. The molecule has 3 heterocycles. The average molecular weight is 534 g/mol. The number of phenolic OH excluding ortho intramolecular Hbond substituents is 1. The van der Waals surface area contributed by atoms with E-state index in [1.807, 2.05) is 53.1 Å². The van der Waals surface area contributed by atoms with Gasteiger partial charge in [0.05, 0.1) is 5.69 Å². The number of piperazine rings is 1. The molecule has 40 heavy (non-hydrogen) atoms. The summed E-state index contributed by atoms with van der Waals surface area (Å²) in [5.41, 5.74) is 2.87. The molecule has 4 aromatic rings. The maximum Gasteiger partial charge on any atom is 0.298 e. The van der Waals surface area contributed by atoms with Crippen molar-refractivity contribution >= 4 is 55.9 Å². The number of amides is 1. The average Bonchev–Trinajstić information content (AvgIpc) is 3.25. The molecule has 0 unspecified atom stereocenters. The van der Waals surface area contributed by atoms with Crippen molar-refractivity contribution in [1.29, 1.82) is 0 Å². The van der Waals surface area contributed by atoms with Crippen LogP contribution < -0.4 is 26.3 Å². The van der Waals surface area contributed by atoms with E-state index in [0.717, 1.165) is 11.3 Å². The molecule has 0 bridgehead atoms. The van der Waals surface area contributed by atoms with Gasteiger partial charge in [-0.2, -0.15) is 0 Å². The molecule has 0 atom stereocenters. The van der Waals surface area contributed by atoms with Gasteiger partial charge in [-0.3, -0.25) is 9.59 Å². The minimum atomic E-state index is -0.836. The molecule has 1 aliphatic heterocycles. The Morgan fingerprint density at radius 1 is 0.950 bits per heavy atom. The number of aromatic hydroxyl groups is 1. The number of halogens is 1. The van der Waals surface area contributed by atoms with Crippen LogP contribution in [0, 0.1) is 12.7 Å². The van der Waals surface area contributed by atoms with Crippen LogP contribution in [0.15, 0.2) is 54.6 Å². The molecule has 2 aromatic heterocycles. The Hall–Kier alpha value is -4.60. The zero-order valence-electron chi connectivity index (χ0n) is 22.1. The number of ketones is 1. The van der Waals surface area contributed by atoms with Crippen molar-refractivity contribution in [3.63, 3.8) is 0 Å². The van der Waals surface area contributed by atoms with Crippen molar-refractivity contribution in [2.24, 2.45) is 7.05 Å². The Morgan fingerprint density at radius 2 is 1.57 bits per heavy atom. The summed E-state index contributed by atoms with van der Waals surface area (Å²) in [6, 6.07) is 16.0. The van der Waals surface area contributed by atoms with Gasteiger partial charge in [-0.15, -0.1) is 0 Å². The Kier molecular flexibility index (Phi) is 7.34. The van der Waals surface area contributed by atoms with Crippen molar-refractivity contribution in [1.82, 2.24) is 14.5 Å². The molecule has 1 aliphatic rings. The molecular weight excluding hydrogens is 509 g/mol. The van der Waals surface area contributed by atoms with E-state index >= 15 is 0 Å². The van der Waals surface area contributed by atoms with E-state index in [1.54, 1.807) is 23.7 Å². The summed E-state index contributed by atoms with van der Waals surface area (Å²) in [6.07, 6.45) is 0. The number of Topliss-reactive ketones (excluding diaryl/α,β-unsaturated/α-hetero) is 1. The SMILES string of the molecule is [B]c1nc(N2CCN(c3ccc(NC(=O)C(=O)c4c(-c5ccccc5)cc(C)n4C)cc3O)CC2)nc([B])c1F. The lowest BCUT2D eigenvalue weighted by molar-refractivity contribution is -0.112. The summed E-state index contributed by atoms with van der Waals surface area (Å²) in [6.45, 7) is 3.85. The van der Waals surface area contributed by atoms with Crippen LogP contribution in [-0.2, 0) is 11.8 Å². The van der Waals surface area contributed by atoms with Gasteiger partial charge < -0.3 is 24.8 Å². The summed E-state index contributed by atoms with van der Waals surface area (Å²) < 4.78 is 15.4. The number of rotatable bonds is 6. The molecule has 0 spiro atoms. The highest BCUT2D eigenvalue weighted by molar-refractivity contribution is 6.47. The smallest absolute Gasteiger partial charge is 0.298 e. The maximum atomic E-state index is 13.7. The molecule has 1 amide bonds. The normalized spacial score (nSPS) is 13.4. The van der Waals surface area contributed by atoms with Crippen LogP contribution in [0.2, 0.25) is 0 Å². The fraction of sp³-hybridized carbons (Fsp3) is 0.214. The zero-order valence-corrected chi connectivity index (χ0v) is 22.1. The van der Waals surface area contributed by atoms with Gasteiger partial charge >= 0.3 is 0 Å². The molecular formula is C28H25B2FN6O3. The van der Waals surface area contributed by atoms with Crippen molar-refractivity contribution in [2.75, 3.05) is 41.3 Å². The number of hydrogen-bond acceptors (Lipinski definition) is 7. The van der Waals surface area contributed by atoms with Gasteiger partial charge in [-0.1, -0.05) is 30.3 Å². The van der Waals surface area contributed by atoms with Crippen LogP contribution in [-0.4, -0.2) is 73.2 Å². The van der Waals surface area contributed by atoms with E-state index in [1.165, 1.54) is 6.07 Å². The molecule has 0 saturated carbocycles. The number of nitrogens with one attached hydrogen (secondary N) is 1. The van der Waals surface area contributed by atoms with Crippen LogP contribution >= 0.6 is 0 Å². The largest absolute Gasteiger partial charge is 0.506 e. The third kappa shape index (κ3) is 5.16. The number of hydrogen-bond donors (Lipinski definition) is 2. The first-order valence-electron chi connectivity index (χ1n) is 12.6. The van der Waals surface area contributed by atoms with Gasteiger partial charge in [-0.25, -0.2) is 14.4 Å². The number of carbonyl (C=O) groups is 2. The molecule has 2 N–H and O–H groups in total. The molecule has 198 valence electrons. The van der Waals surface area contributed by atoms with Crippen molar-refractivity contribution < 1.29 is 19.1 Å². The van der Waals surface area contributed by atoms with E-state index < -0.39 is 17.5 Å². The topological polar surface area (TPSA) is 104 Å². The van der Waals surface area contributed by atoms with Crippen molar-refractivity contribution in [2.45, 2.75) is 6.92 Å². The highest BCUT2D eigenvalue weighted by Crippen LogP contribution is 2.32. The van der Waals surface area contributed by atoms with Crippen LogP contribution in [0.1, 0.15) is 16.2 Å². The first-order valence-corrected chi connectivity index (χ1v) is 12.6. The molecule has 5 rings (SSSR count). The number of carbonyl (C=O) groups excluding carboxylic acids is 2. The van der Waals surface area contributed by atoms with Crippen LogP contribution in [0.25, 0.3) is 11.1 Å². The third-order valence-electron chi connectivity index (χ3n) is 7.01. The van der Waals surface area contributed by atoms with Crippen molar-refractivity contribution in [3.8, 4) is 16.9 Å². The number of phenols is 1. The molecule has 1 saturated heterocycles. The van der Waals surface area contributed by atoms with E-state index in [-0.39, 0.29) is 34.3 Å². The van der Waals surface area contributed by atoms with E-state index in [0.29, 0.717) is 37.4 Å². The molecule has 9 nitrogen and oxygen atoms in total. The highest BCUT2D eigenvalue weighted by Gasteiger charge is 2.26. The number of aryl methyl sites for hydroxylation is 1. The lowest BCUT2D eigenvalue weighted by atomic mass is 9.96. The van der Waals surface area contributed by atoms with E-state index in [4.69, 9.17) is 15.7 Å². The maximum absolute atomic E-state index is 13.7. The number of benzene rings is 2. The fourth-order valence-electron chi connectivity index (χ4n) is 4.77. The lowest BCUT2D eigenvalue weighted by Gasteiger charge is -2.36.